The standard InChI is InChI=1S/C19H28O4/c1-18-5-3-11(20)7-10(18)8-13(21)16-12(18)4-6-19(2)15(23)9-14(22)17(16)19/h8,11-14,16-17,20-22H,3-7,9H2,1-2H3. The van der Waals surface area contributed by atoms with Crippen molar-refractivity contribution in [3.63, 3.8) is 0 Å². The fourth-order valence-electron chi connectivity index (χ4n) is 6.46. The number of ketones is 1. The number of rotatable bonds is 0. The molecule has 4 rings (SSSR count). The molecule has 4 aliphatic carbocycles. The van der Waals surface area contributed by atoms with Gasteiger partial charge >= 0.3 is 0 Å². The molecule has 23 heavy (non-hydrogen) atoms. The lowest BCUT2D eigenvalue weighted by Crippen LogP contribution is -2.56. The van der Waals surface area contributed by atoms with Crippen molar-refractivity contribution in [1.82, 2.24) is 0 Å². The van der Waals surface area contributed by atoms with E-state index in [1.54, 1.807) is 0 Å². The van der Waals surface area contributed by atoms with E-state index in [1.807, 2.05) is 13.0 Å². The minimum absolute atomic E-state index is 0.00415. The quantitative estimate of drug-likeness (QED) is 0.595. The molecule has 0 saturated heterocycles. The van der Waals surface area contributed by atoms with E-state index in [-0.39, 0.29) is 35.6 Å². The monoisotopic (exact) mass is 320 g/mol. The topological polar surface area (TPSA) is 77.8 Å². The highest BCUT2D eigenvalue weighted by atomic mass is 16.3. The Labute approximate surface area is 137 Å². The van der Waals surface area contributed by atoms with Crippen LogP contribution in [0.15, 0.2) is 11.6 Å². The Balaban J connectivity index is 1.77. The lowest BCUT2D eigenvalue weighted by molar-refractivity contribution is -0.138. The first-order chi connectivity index (χ1) is 10.8. The zero-order valence-electron chi connectivity index (χ0n) is 14.0. The van der Waals surface area contributed by atoms with E-state index >= 15 is 0 Å². The molecular formula is C19H28O4. The molecule has 3 saturated carbocycles. The summed E-state index contributed by atoms with van der Waals surface area (Å²) in [5.41, 5.74) is 0.709. The zero-order valence-corrected chi connectivity index (χ0v) is 14.0. The predicted octanol–water partition coefficient (Wildman–Crippen LogP) is 1.82. The number of aliphatic hydroxyl groups is 3. The molecular weight excluding hydrogens is 292 g/mol. The average Bonchev–Trinajstić information content (AvgIpc) is 2.71. The summed E-state index contributed by atoms with van der Waals surface area (Å²) in [5.74, 6) is 0.285. The van der Waals surface area contributed by atoms with Crippen LogP contribution in [0.5, 0.6) is 0 Å². The van der Waals surface area contributed by atoms with Gasteiger partial charge in [0.1, 0.15) is 5.78 Å². The lowest BCUT2D eigenvalue weighted by Gasteiger charge is -2.58. The molecule has 8 atom stereocenters. The molecule has 0 spiro atoms. The van der Waals surface area contributed by atoms with Gasteiger partial charge in [-0.25, -0.2) is 0 Å². The van der Waals surface area contributed by atoms with Gasteiger partial charge in [-0.3, -0.25) is 4.79 Å². The summed E-state index contributed by atoms with van der Waals surface area (Å²) < 4.78 is 0. The number of Topliss-reactive ketones (excluding diaryl/α,β-unsaturated/α-hetero) is 1. The summed E-state index contributed by atoms with van der Waals surface area (Å²) in [4.78, 5) is 12.4. The highest BCUT2D eigenvalue weighted by Crippen LogP contribution is 2.63. The van der Waals surface area contributed by atoms with E-state index < -0.39 is 17.6 Å². The second-order valence-electron chi connectivity index (χ2n) is 8.86. The molecule has 3 fully saturated rings. The number of fused-ring (bicyclic) bond motifs is 5. The summed E-state index contributed by atoms with van der Waals surface area (Å²) in [7, 11) is 0. The van der Waals surface area contributed by atoms with Gasteiger partial charge in [-0.05, 0) is 49.4 Å². The molecule has 0 aliphatic heterocycles. The summed E-state index contributed by atoms with van der Waals surface area (Å²) in [5, 5.41) is 31.4. The summed E-state index contributed by atoms with van der Waals surface area (Å²) >= 11 is 0. The van der Waals surface area contributed by atoms with Crippen LogP contribution in [0.25, 0.3) is 0 Å². The normalized spacial score (nSPS) is 55.7. The van der Waals surface area contributed by atoms with Crippen molar-refractivity contribution in [2.45, 2.75) is 70.7 Å². The van der Waals surface area contributed by atoms with Gasteiger partial charge in [0.25, 0.3) is 0 Å². The minimum atomic E-state index is -0.623. The number of aliphatic hydroxyl groups excluding tert-OH is 3. The van der Waals surface area contributed by atoms with Gasteiger partial charge in [-0.1, -0.05) is 25.5 Å². The fourth-order valence-corrected chi connectivity index (χ4v) is 6.46. The second kappa shape index (κ2) is 4.90. The van der Waals surface area contributed by atoms with Gasteiger partial charge in [-0.2, -0.15) is 0 Å². The van der Waals surface area contributed by atoms with Crippen LogP contribution in [0.4, 0.5) is 0 Å². The number of hydrogen-bond donors (Lipinski definition) is 3. The number of carbonyl (C=O) groups excluding carboxylic acids is 1. The Morgan fingerprint density at radius 1 is 1.04 bits per heavy atom. The SMILES string of the molecule is CC12CCC(O)CC1=CC(O)C1C2CCC2(C)C(=O)CC(O)C12. The van der Waals surface area contributed by atoms with Crippen molar-refractivity contribution >= 4 is 5.78 Å². The summed E-state index contributed by atoms with van der Waals surface area (Å²) in [6, 6.07) is 0. The first-order valence-electron chi connectivity index (χ1n) is 9.06. The van der Waals surface area contributed by atoms with E-state index in [0.717, 1.165) is 25.7 Å². The van der Waals surface area contributed by atoms with Crippen molar-refractivity contribution < 1.29 is 20.1 Å². The van der Waals surface area contributed by atoms with Crippen molar-refractivity contribution in [1.29, 1.82) is 0 Å². The molecule has 8 unspecified atom stereocenters. The number of carbonyl (C=O) groups is 1. The van der Waals surface area contributed by atoms with Gasteiger partial charge < -0.3 is 15.3 Å². The van der Waals surface area contributed by atoms with Gasteiger partial charge in [0, 0.05) is 17.8 Å². The molecule has 0 heterocycles. The van der Waals surface area contributed by atoms with E-state index in [4.69, 9.17) is 0 Å². The molecule has 3 N–H and O–H groups in total. The molecule has 0 bridgehead atoms. The molecule has 0 aromatic rings. The lowest BCUT2D eigenvalue weighted by atomic mass is 9.47. The smallest absolute Gasteiger partial charge is 0.141 e. The summed E-state index contributed by atoms with van der Waals surface area (Å²) in [6.07, 6.45) is 4.77. The third kappa shape index (κ3) is 1.98. The van der Waals surface area contributed by atoms with E-state index in [1.165, 1.54) is 5.57 Å². The maximum absolute atomic E-state index is 12.4. The zero-order chi connectivity index (χ0) is 16.6. The highest BCUT2D eigenvalue weighted by Gasteiger charge is 2.63. The molecule has 0 radical (unpaired) electrons. The number of hydrogen-bond acceptors (Lipinski definition) is 4. The average molecular weight is 320 g/mol. The molecule has 4 heteroatoms. The summed E-state index contributed by atoms with van der Waals surface area (Å²) in [6.45, 7) is 4.26. The van der Waals surface area contributed by atoms with Gasteiger partial charge in [0.2, 0.25) is 0 Å². The van der Waals surface area contributed by atoms with Crippen molar-refractivity contribution in [2.24, 2.45) is 28.6 Å². The van der Waals surface area contributed by atoms with Crippen LogP contribution in [-0.2, 0) is 4.79 Å². The van der Waals surface area contributed by atoms with Crippen LogP contribution in [-0.4, -0.2) is 39.4 Å². The maximum atomic E-state index is 12.4. The van der Waals surface area contributed by atoms with Crippen LogP contribution < -0.4 is 0 Å². The van der Waals surface area contributed by atoms with Gasteiger partial charge in [0.15, 0.2) is 0 Å². The van der Waals surface area contributed by atoms with Crippen molar-refractivity contribution in [3.05, 3.63) is 11.6 Å². The maximum Gasteiger partial charge on any atom is 0.141 e. The van der Waals surface area contributed by atoms with Crippen LogP contribution >= 0.6 is 0 Å². The minimum Gasteiger partial charge on any atom is -0.393 e. The van der Waals surface area contributed by atoms with E-state index in [9.17, 15) is 20.1 Å². The van der Waals surface area contributed by atoms with Gasteiger partial charge in [-0.15, -0.1) is 0 Å². The third-order valence-corrected chi connectivity index (χ3v) is 7.81. The largest absolute Gasteiger partial charge is 0.393 e. The molecule has 4 aliphatic rings. The van der Waals surface area contributed by atoms with Crippen LogP contribution in [0, 0.1) is 28.6 Å². The Hall–Kier alpha value is -0.710. The Morgan fingerprint density at radius 3 is 2.48 bits per heavy atom. The Kier molecular flexibility index (Phi) is 3.37. The van der Waals surface area contributed by atoms with Crippen LogP contribution in [0.2, 0.25) is 0 Å². The van der Waals surface area contributed by atoms with E-state index in [0.29, 0.717) is 12.3 Å². The van der Waals surface area contributed by atoms with Crippen molar-refractivity contribution in [3.8, 4) is 0 Å². The molecule has 128 valence electrons. The Morgan fingerprint density at radius 2 is 1.74 bits per heavy atom. The van der Waals surface area contributed by atoms with Crippen LogP contribution in [0.1, 0.15) is 52.4 Å². The molecule has 0 amide bonds. The first-order valence-corrected chi connectivity index (χ1v) is 9.06. The molecule has 0 aromatic carbocycles. The Bertz CT molecular complexity index is 570. The molecule has 4 nitrogen and oxygen atoms in total. The second-order valence-corrected chi connectivity index (χ2v) is 8.86. The van der Waals surface area contributed by atoms with Gasteiger partial charge in [0.05, 0.1) is 18.3 Å². The fraction of sp³-hybridized carbons (Fsp3) is 0.842. The van der Waals surface area contributed by atoms with Crippen LogP contribution in [0.3, 0.4) is 0 Å². The first kappa shape index (κ1) is 15.8. The highest BCUT2D eigenvalue weighted by molar-refractivity contribution is 5.88. The third-order valence-electron chi connectivity index (χ3n) is 7.81. The van der Waals surface area contributed by atoms with Crippen molar-refractivity contribution in [2.75, 3.05) is 0 Å². The predicted molar refractivity (Wildman–Crippen MR) is 85.5 cm³/mol. The molecule has 0 aromatic heterocycles. The van der Waals surface area contributed by atoms with E-state index in [2.05, 4.69) is 6.92 Å².